The van der Waals surface area contributed by atoms with Gasteiger partial charge in [-0.1, -0.05) is 12.1 Å². The predicted octanol–water partition coefficient (Wildman–Crippen LogP) is 2.92. The third-order valence-corrected chi connectivity index (χ3v) is 5.35. The van der Waals surface area contributed by atoms with Gasteiger partial charge < -0.3 is 10.6 Å². The number of carbonyl (C=O) groups excluding carboxylic acids is 2. The number of hydrogen-bond acceptors (Lipinski definition) is 3. The van der Waals surface area contributed by atoms with Crippen LogP contribution in [0.5, 0.6) is 0 Å². The number of carbonyl (C=O) groups is 2. The molecule has 3 rings (SSSR count). The molecule has 0 fully saturated rings. The molecule has 120 valence electrons. The van der Waals surface area contributed by atoms with Gasteiger partial charge in [0, 0.05) is 24.0 Å². The molecule has 1 heterocycles. The summed E-state index contributed by atoms with van der Waals surface area (Å²) in [7, 11) is 1.61. The van der Waals surface area contributed by atoms with Gasteiger partial charge in [-0.3, -0.25) is 9.59 Å². The Hall–Kier alpha value is -2.14. The Morgan fingerprint density at radius 1 is 1.09 bits per heavy atom. The van der Waals surface area contributed by atoms with Crippen molar-refractivity contribution in [1.29, 1.82) is 0 Å². The zero-order chi connectivity index (χ0) is 16.2. The maximum atomic E-state index is 12.3. The van der Waals surface area contributed by atoms with Crippen molar-refractivity contribution in [1.82, 2.24) is 10.6 Å². The Bertz CT molecular complexity index is 696. The van der Waals surface area contributed by atoms with Crippen LogP contribution in [0.3, 0.4) is 0 Å². The quantitative estimate of drug-likeness (QED) is 0.906. The molecule has 2 amide bonds. The topological polar surface area (TPSA) is 58.2 Å². The molecule has 1 aliphatic rings. The molecular formula is C18H20N2O2S. The minimum Gasteiger partial charge on any atom is -0.355 e. The Morgan fingerprint density at radius 3 is 2.52 bits per heavy atom. The Morgan fingerprint density at radius 2 is 1.83 bits per heavy atom. The molecule has 0 saturated carbocycles. The molecule has 0 radical (unpaired) electrons. The summed E-state index contributed by atoms with van der Waals surface area (Å²) in [4.78, 5) is 26.0. The van der Waals surface area contributed by atoms with Crippen molar-refractivity contribution in [3.05, 3.63) is 56.8 Å². The van der Waals surface area contributed by atoms with Gasteiger partial charge in [0.25, 0.3) is 11.8 Å². The van der Waals surface area contributed by atoms with Crippen LogP contribution in [-0.4, -0.2) is 18.9 Å². The van der Waals surface area contributed by atoms with Crippen molar-refractivity contribution in [2.75, 3.05) is 7.05 Å². The molecular weight excluding hydrogens is 308 g/mol. The maximum Gasteiger partial charge on any atom is 0.261 e. The van der Waals surface area contributed by atoms with Crippen LogP contribution < -0.4 is 10.6 Å². The lowest BCUT2D eigenvalue weighted by Gasteiger charge is -2.08. The van der Waals surface area contributed by atoms with E-state index in [0.717, 1.165) is 23.3 Å². The van der Waals surface area contributed by atoms with E-state index in [1.807, 2.05) is 18.2 Å². The zero-order valence-electron chi connectivity index (χ0n) is 13.1. The molecule has 0 bridgehead atoms. The average molecular weight is 328 g/mol. The molecule has 0 unspecified atom stereocenters. The van der Waals surface area contributed by atoms with Crippen molar-refractivity contribution in [3.63, 3.8) is 0 Å². The van der Waals surface area contributed by atoms with Gasteiger partial charge in [-0.05, 0) is 55.0 Å². The average Bonchev–Trinajstić information content (AvgIpc) is 3.03. The van der Waals surface area contributed by atoms with Crippen LogP contribution in [0.1, 0.15) is 48.9 Å². The fourth-order valence-electron chi connectivity index (χ4n) is 2.79. The van der Waals surface area contributed by atoms with E-state index in [4.69, 9.17) is 0 Å². The number of fused-ring (bicyclic) bond motifs is 1. The van der Waals surface area contributed by atoms with Crippen LogP contribution in [0, 0.1) is 0 Å². The van der Waals surface area contributed by atoms with Crippen molar-refractivity contribution in [2.24, 2.45) is 0 Å². The van der Waals surface area contributed by atoms with Gasteiger partial charge in [0.1, 0.15) is 0 Å². The Balaban J connectivity index is 1.60. The van der Waals surface area contributed by atoms with Crippen LogP contribution in [0.25, 0.3) is 0 Å². The van der Waals surface area contributed by atoms with Gasteiger partial charge in [-0.2, -0.15) is 0 Å². The fourth-order valence-corrected chi connectivity index (χ4v) is 3.96. The lowest BCUT2D eigenvalue weighted by atomic mass is 9.99. The van der Waals surface area contributed by atoms with Gasteiger partial charge in [-0.15, -0.1) is 11.3 Å². The fraction of sp³-hybridized carbons (Fsp3) is 0.333. The molecule has 2 N–H and O–H groups in total. The number of rotatable bonds is 4. The number of thiophene rings is 1. The van der Waals surface area contributed by atoms with E-state index in [2.05, 4.69) is 10.6 Å². The highest BCUT2D eigenvalue weighted by atomic mass is 32.1. The summed E-state index contributed by atoms with van der Waals surface area (Å²) < 4.78 is 0. The molecule has 5 heteroatoms. The third-order valence-electron chi connectivity index (χ3n) is 4.12. The van der Waals surface area contributed by atoms with E-state index in [9.17, 15) is 9.59 Å². The standard InChI is InChI=1S/C18H20N2O2S/c1-19-17(21)13-8-6-12(7-9-13)11-20-18(22)16-10-14-4-2-3-5-15(14)23-16/h6-10H,2-5,11H2,1H3,(H,19,21)(H,20,22). The second kappa shape index (κ2) is 6.96. The van der Waals surface area contributed by atoms with E-state index in [1.54, 1.807) is 30.5 Å². The van der Waals surface area contributed by atoms with Gasteiger partial charge >= 0.3 is 0 Å². The van der Waals surface area contributed by atoms with E-state index in [-0.39, 0.29) is 11.8 Å². The molecule has 1 aromatic carbocycles. The second-order valence-corrected chi connectivity index (χ2v) is 6.86. The van der Waals surface area contributed by atoms with E-state index in [0.29, 0.717) is 12.1 Å². The molecule has 0 saturated heterocycles. The van der Waals surface area contributed by atoms with Gasteiger partial charge in [0.15, 0.2) is 0 Å². The number of amides is 2. The number of nitrogens with one attached hydrogen (secondary N) is 2. The zero-order valence-corrected chi connectivity index (χ0v) is 14.0. The second-order valence-electron chi connectivity index (χ2n) is 5.72. The molecule has 0 atom stereocenters. The van der Waals surface area contributed by atoms with E-state index >= 15 is 0 Å². The van der Waals surface area contributed by atoms with Crippen molar-refractivity contribution in [3.8, 4) is 0 Å². The first-order chi connectivity index (χ1) is 11.2. The lowest BCUT2D eigenvalue weighted by molar-refractivity contribution is 0.0949. The summed E-state index contributed by atoms with van der Waals surface area (Å²) >= 11 is 1.62. The van der Waals surface area contributed by atoms with Crippen molar-refractivity contribution >= 4 is 23.2 Å². The smallest absolute Gasteiger partial charge is 0.261 e. The summed E-state index contributed by atoms with van der Waals surface area (Å²) in [5.41, 5.74) is 2.95. The molecule has 2 aromatic rings. The number of benzene rings is 1. The number of aryl methyl sites for hydroxylation is 2. The van der Waals surface area contributed by atoms with E-state index in [1.165, 1.54) is 23.3 Å². The Kier molecular flexibility index (Phi) is 4.76. The van der Waals surface area contributed by atoms with Crippen LogP contribution in [-0.2, 0) is 19.4 Å². The Labute approximate surface area is 139 Å². The molecule has 0 spiro atoms. The lowest BCUT2D eigenvalue weighted by Crippen LogP contribution is -2.22. The summed E-state index contributed by atoms with van der Waals surface area (Å²) in [6.07, 6.45) is 4.66. The summed E-state index contributed by atoms with van der Waals surface area (Å²) in [5, 5.41) is 5.55. The highest BCUT2D eigenvalue weighted by molar-refractivity contribution is 7.14. The molecule has 4 nitrogen and oxygen atoms in total. The van der Waals surface area contributed by atoms with Crippen molar-refractivity contribution in [2.45, 2.75) is 32.2 Å². The van der Waals surface area contributed by atoms with Crippen LogP contribution in [0.4, 0.5) is 0 Å². The monoisotopic (exact) mass is 328 g/mol. The third kappa shape index (κ3) is 3.62. The highest BCUT2D eigenvalue weighted by Crippen LogP contribution is 2.29. The molecule has 23 heavy (non-hydrogen) atoms. The van der Waals surface area contributed by atoms with Gasteiger partial charge in [0.05, 0.1) is 4.88 Å². The van der Waals surface area contributed by atoms with Gasteiger partial charge in [-0.25, -0.2) is 0 Å². The van der Waals surface area contributed by atoms with Crippen LogP contribution in [0.2, 0.25) is 0 Å². The first kappa shape index (κ1) is 15.7. The maximum absolute atomic E-state index is 12.3. The van der Waals surface area contributed by atoms with E-state index < -0.39 is 0 Å². The van der Waals surface area contributed by atoms with Crippen LogP contribution >= 0.6 is 11.3 Å². The largest absolute Gasteiger partial charge is 0.355 e. The summed E-state index contributed by atoms with van der Waals surface area (Å²) in [6.45, 7) is 0.468. The first-order valence-electron chi connectivity index (χ1n) is 7.88. The predicted molar refractivity (Wildman–Crippen MR) is 92.0 cm³/mol. The van der Waals surface area contributed by atoms with Crippen molar-refractivity contribution < 1.29 is 9.59 Å². The molecule has 0 aliphatic heterocycles. The summed E-state index contributed by atoms with van der Waals surface area (Å²) in [6, 6.07) is 9.31. The normalized spacial score (nSPS) is 13.3. The minimum atomic E-state index is -0.107. The SMILES string of the molecule is CNC(=O)c1ccc(CNC(=O)c2cc3c(s2)CCCC3)cc1. The van der Waals surface area contributed by atoms with Crippen LogP contribution in [0.15, 0.2) is 30.3 Å². The highest BCUT2D eigenvalue weighted by Gasteiger charge is 2.17. The molecule has 1 aromatic heterocycles. The summed E-state index contributed by atoms with van der Waals surface area (Å²) in [5.74, 6) is -0.121. The minimum absolute atomic E-state index is 0.0141. The molecule has 1 aliphatic carbocycles. The number of hydrogen-bond donors (Lipinski definition) is 2. The van der Waals surface area contributed by atoms with Gasteiger partial charge in [0.2, 0.25) is 0 Å². The first-order valence-corrected chi connectivity index (χ1v) is 8.70.